The summed E-state index contributed by atoms with van der Waals surface area (Å²) < 4.78 is 0. The molecule has 0 fully saturated rings. The van der Waals surface area contributed by atoms with Crippen molar-refractivity contribution in [3.8, 4) is 0 Å². The summed E-state index contributed by atoms with van der Waals surface area (Å²) in [5, 5.41) is 23.0. The number of aliphatic hydroxyl groups excluding tert-OH is 1. The number of carboxylic acids is 1. The summed E-state index contributed by atoms with van der Waals surface area (Å²) in [4.78, 5) is 21.6. The summed E-state index contributed by atoms with van der Waals surface area (Å²) in [6.07, 6.45) is -1.04. The monoisotopic (exact) mass is 232 g/mol. The number of aliphatic hydroxyl groups is 1. The summed E-state index contributed by atoms with van der Waals surface area (Å²) in [6.45, 7) is 4.82. The lowest BCUT2D eigenvalue weighted by Gasteiger charge is -2.12. The molecule has 0 spiro atoms. The van der Waals surface area contributed by atoms with Crippen molar-refractivity contribution < 1.29 is 19.8 Å². The molecule has 94 valence electrons. The Morgan fingerprint density at radius 2 is 2.00 bits per heavy atom. The summed E-state index contributed by atoms with van der Waals surface area (Å²) in [5.41, 5.74) is 0. The number of carbonyl (C=O) groups is 2. The number of rotatable bonds is 8. The second-order valence-electron chi connectivity index (χ2n) is 3.66. The Morgan fingerprint density at radius 3 is 2.50 bits per heavy atom. The van der Waals surface area contributed by atoms with Crippen LogP contribution in [0.3, 0.4) is 0 Å². The second-order valence-corrected chi connectivity index (χ2v) is 3.66. The minimum absolute atomic E-state index is 0.0245. The molecular formula is C10H20N2O4. The maximum atomic E-state index is 11.3. The molecule has 4 N–H and O–H groups in total. The highest BCUT2D eigenvalue weighted by molar-refractivity contribution is 5.76. The molecule has 0 rings (SSSR count). The molecule has 0 aliphatic carbocycles. The van der Waals surface area contributed by atoms with Gasteiger partial charge in [-0.2, -0.15) is 0 Å². The van der Waals surface area contributed by atoms with Gasteiger partial charge in [-0.1, -0.05) is 6.92 Å². The molecule has 16 heavy (non-hydrogen) atoms. The van der Waals surface area contributed by atoms with Gasteiger partial charge in [0, 0.05) is 25.4 Å². The molecule has 0 saturated carbocycles. The molecule has 1 unspecified atom stereocenters. The predicted molar refractivity (Wildman–Crippen MR) is 59.0 cm³/mol. The van der Waals surface area contributed by atoms with Crippen LogP contribution in [0.15, 0.2) is 0 Å². The van der Waals surface area contributed by atoms with E-state index < -0.39 is 12.1 Å². The quantitative estimate of drug-likeness (QED) is 0.445. The molecule has 1 amide bonds. The highest BCUT2D eigenvalue weighted by Crippen LogP contribution is 1.92. The molecule has 0 aliphatic heterocycles. The highest BCUT2D eigenvalue weighted by atomic mass is 16.4. The number of hydrogen-bond donors (Lipinski definition) is 4. The van der Waals surface area contributed by atoms with Crippen LogP contribution in [0.5, 0.6) is 0 Å². The number of nitrogens with one attached hydrogen (secondary N) is 2. The van der Waals surface area contributed by atoms with Gasteiger partial charge in [0.25, 0.3) is 0 Å². The number of hydrogen-bond acceptors (Lipinski definition) is 4. The van der Waals surface area contributed by atoms with Gasteiger partial charge in [-0.05, 0) is 13.5 Å². The number of carboxylic acid groups (broad SMARTS) is 1. The van der Waals surface area contributed by atoms with Crippen LogP contribution in [-0.4, -0.2) is 47.3 Å². The van der Waals surface area contributed by atoms with E-state index in [0.29, 0.717) is 6.42 Å². The first-order chi connectivity index (χ1) is 7.47. The SMILES string of the molecule is CCNC(C)CC(=O)NCC[C@H](O)C(=O)O. The summed E-state index contributed by atoms with van der Waals surface area (Å²) in [7, 11) is 0. The van der Waals surface area contributed by atoms with Crippen molar-refractivity contribution in [2.75, 3.05) is 13.1 Å². The lowest BCUT2D eigenvalue weighted by molar-refractivity contribution is -0.147. The van der Waals surface area contributed by atoms with Gasteiger partial charge in [0.05, 0.1) is 0 Å². The van der Waals surface area contributed by atoms with Gasteiger partial charge in [-0.3, -0.25) is 4.79 Å². The van der Waals surface area contributed by atoms with Gasteiger partial charge < -0.3 is 20.8 Å². The van der Waals surface area contributed by atoms with Crippen LogP contribution < -0.4 is 10.6 Å². The highest BCUT2D eigenvalue weighted by Gasteiger charge is 2.13. The van der Waals surface area contributed by atoms with Crippen LogP contribution in [0.4, 0.5) is 0 Å². The Morgan fingerprint density at radius 1 is 1.38 bits per heavy atom. The number of aliphatic carboxylic acids is 1. The standard InChI is InChI=1S/C10H20N2O4/c1-3-11-7(2)6-9(14)12-5-4-8(13)10(15)16/h7-8,11,13H,3-6H2,1-2H3,(H,12,14)(H,15,16)/t7?,8-/m0/s1. The normalized spacial score (nSPS) is 14.2. The van der Waals surface area contributed by atoms with E-state index in [4.69, 9.17) is 10.2 Å². The Bertz CT molecular complexity index is 233. The third kappa shape index (κ3) is 7.19. The van der Waals surface area contributed by atoms with E-state index in [1.165, 1.54) is 0 Å². The van der Waals surface area contributed by atoms with Crippen LogP contribution >= 0.6 is 0 Å². The summed E-state index contributed by atoms with van der Waals surface area (Å²) in [6, 6.07) is 0.0920. The first kappa shape index (κ1) is 14.9. The van der Waals surface area contributed by atoms with E-state index in [2.05, 4.69) is 10.6 Å². The zero-order valence-corrected chi connectivity index (χ0v) is 9.69. The molecule has 0 heterocycles. The average Bonchev–Trinajstić information content (AvgIpc) is 2.17. The number of carbonyl (C=O) groups excluding carboxylic acids is 1. The first-order valence-corrected chi connectivity index (χ1v) is 5.38. The molecule has 2 atom stereocenters. The smallest absolute Gasteiger partial charge is 0.332 e. The predicted octanol–water partition coefficient (Wildman–Crippen LogP) is -0.674. The van der Waals surface area contributed by atoms with Gasteiger partial charge in [-0.15, -0.1) is 0 Å². The fraction of sp³-hybridized carbons (Fsp3) is 0.800. The Labute approximate surface area is 95.0 Å². The molecule has 0 aromatic carbocycles. The lowest BCUT2D eigenvalue weighted by Crippen LogP contribution is -2.35. The zero-order chi connectivity index (χ0) is 12.6. The van der Waals surface area contributed by atoms with Gasteiger partial charge in [0.1, 0.15) is 0 Å². The first-order valence-electron chi connectivity index (χ1n) is 5.38. The molecular weight excluding hydrogens is 212 g/mol. The van der Waals surface area contributed by atoms with E-state index in [1.54, 1.807) is 0 Å². The lowest BCUT2D eigenvalue weighted by atomic mass is 10.2. The third-order valence-electron chi connectivity index (χ3n) is 2.07. The van der Waals surface area contributed by atoms with Gasteiger partial charge in [-0.25, -0.2) is 4.79 Å². The van der Waals surface area contributed by atoms with E-state index >= 15 is 0 Å². The maximum Gasteiger partial charge on any atom is 0.332 e. The van der Waals surface area contributed by atoms with Crippen LogP contribution in [0.2, 0.25) is 0 Å². The molecule has 0 saturated heterocycles. The van der Waals surface area contributed by atoms with Crippen molar-refractivity contribution in [1.29, 1.82) is 0 Å². The fourth-order valence-corrected chi connectivity index (χ4v) is 1.24. The largest absolute Gasteiger partial charge is 0.479 e. The van der Waals surface area contributed by atoms with Crippen molar-refractivity contribution in [2.45, 2.75) is 38.8 Å². The Kier molecular flexibility index (Phi) is 7.49. The Balaban J connectivity index is 3.62. The van der Waals surface area contributed by atoms with Crippen LogP contribution in [0.1, 0.15) is 26.7 Å². The van der Waals surface area contributed by atoms with Crippen molar-refractivity contribution in [3.63, 3.8) is 0 Å². The average molecular weight is 232 g/mol. The second kappa shape index (κ2) is 8.06. The molecule has 0 aromatic rings. The summed E-state index contributed by atoms with van der Waals surface area (Å²) in [5.74, 6) is -1.42. The van der Waals surface area contributed by atoms with Crippen LogP contribution in [0, 0.1) is 0 Å². The Hall–Kier alpha value is -1.14. The van der Waals surface area contributed by atoms with Crippen molar-refractivity contribution in [2.24, 2.45) is 0 Å². The maximum absolute atomic E-state index is 11.3. The van der Waals surface area contributed by atoms with E-state index in [0.717, 1.165) is 6.54 Å². The minimum Gasteiger partial charge on any atom is -0.479 e. The molecule has 6 nitrogen and oxygen atoms in total. The van der Waals surface area contributed by atoms with Gasteiger partial charge in [0.15, 0.2) is 6.10 Å². The molecule has 0 aliphatic rings. The molecule has 6 heteroatoms. The van der Waals surface area contributed by atoms with Crippen molar-refractivity contribution in [3.05, 3.63) is 0 Å². The van der Waals surface area contributed by atoms with E-state index in [-0.39, 0.29) is 24.9 Å². The fourth-order valence-electron chi connectivity index (χ4n) is 1.24. The minimum atomic E-state index is -1.41. The summed E-state index contributed by atoms with van der Waals surface area (Å²) >= 11 is 0. The topological polar surface area (TPSA) is 98.7 Å². The van der Waals surface area contributed by atoms with E-state index in [9.17, 15) is 9.59 Å². The van der Waals surface area contributed by atoms with Crippen LogP contribution in [-0.2, 0) is 9.59 Å². The van der Waals surface area contributed by atoms with Gasteiger partial charge >= 0.3 is 5.97 Å². The van der Waals surface area contributed by atoms with E-state index in [1.807, 2.05) is 13.8 Å². The third-order valence-corrected chi connectivity index (χ3v) is 2.07. The molecule has 0 radical (unpaired) electrons. The zero-order valence-electron chi connectivity index (χ0n) is 9.69. The molecule has 0 bridgehead atoms. The van der Waals surface area contributed by atoms with Gasteiger partial charge in [0.2, 0.25) is 5.91 Å². The van der Waals surface area contributed by atoms with Crippen molar-refractivity contribution in [1.82, 2.24) is 10.6 Å². The number of amides is 1. The van der Waals surface area contributed by atoms with Crippen molar-refractivity contribution >= 4 is 11.9 Å². The van der Waals surface area contributed by atoms with Crippen LogP contribution in [0.25, 0.3) is 0 Å². The molecule has 0 aromatic heterocycles.